The van der Waals surface area contributed by atoms with Crippen molar-refractivity contribution in [1.29, 1.82) is 0 Å². The Labute approximate surface area is 195 Å². The first kappa shape index (κ1) is 25.7. The molecule has 174 valence electrons. The molecule has 2 aromatic carbocycles. The highest BCUT2D eigenvalue weighted by molar-refractivity contribution is 7.92. The molecule has 0 saturated carbocycles. The number of rotatable bonds is 11. The quantitative estimate of drug-likeness (QED) is 0.534. The Morgan fingerprint density at radius 1 is 1.03 bits per heavy atom. The predicted molar refractivity (Wildman–Crippen MR) is 128 cm³/mol. The van der Waals surface area contributed by atoms with Gasteiger partial charge in [-0.25, -0.2) is 8.42 Å². The number of benzene rings is 2. The lowest BCUT2D eigenvalue weighted by Crippen LogP contribution is -2.52. The summed E-state index contributed by atoms with van der Waals surface area (Å²) >= 11 is 6.22. The number of anilines is 1. The molecule has 0 aliphatic rings. The summed E-state index contributed by atoms with van der Waals surface area (Å²) in [6.07, 6.45) is 2.18. The van der Waals surface area contributed by atoms with E-state index < -0.39 is 28.5 Å². The number of nitrogens with one attached hydrogen (secondary N) is 1. The first-order valence-corrected chi connectivity index (χ1v) is 12.7. The lowest BCUT2D eigenvalue weighted by Gasteiger charge is -2.33. The molecule has 0 aliphatic heterocycles. The molecule has 1 N–H and O–H groups in total. The molecule has 0 aliphatic carbocycles. The second-order valence-electron chi connectivity index (χ2n) is 7.44. The van der Waals surface area contributed by atoms with E-state index in [4.69, 9.17) is 11.6 Å². The summed E-state index contributed by atoms with van der Waals surface area (Å²) in [5, 5.41) is 3.06. The van der Waals surface area contributed by atoms with Crippen molar-refractivity contribution in [2.24, 2.45) is 0 Å². The van der Waals surface area contributed by atoms with Crippen LogP contribution < -0.4 is 9.62 Å². The first-order chi connectivity index (χ1) is 15.2. The average molecular weight is 480 g/mol. The SMILES string of the molecule is CCCNC(=O)[C@H](CC)N(Cc1ccccc1)C(=O)CN(c1ccccc1Cl)S(C)(=O)=O. The second-order valence-corrected chi connectivity index (χ2v) is 9.76. The van der Waals surface area contributed by atoms with Gasteiger partial charge in [0, 0.05) is 13.1 Å². The van der Waals surface area contributed by atoms with Crippen molar-refractivity contribution < 1.29 is 18.0 Å². The zero-order valence-corrected chi connectivity index (χ0v) is 20.2. The van der Waals surface area contributed by atoms with Crippen LogP contribution in [0.25, 0.3) is 0 Å². The van der Waals surface area contributed by atoms with E-state index in [0.29, 0.717) is 13.0 Å². The molecule has 0 saturated heterocycles. The molecule has 0 unspecified atom stereocenters. The molecule has 2 rings (SSSR count). The van der Waals surface area contributed by atoms with Gasteiger partial charge in [0.1, 0.15) is 12.6 Å². The van der Waals surface area contributed by atoms with Crippen molar-refractivity contribution in [3.63, 3.8) is 0 Å². The van der Waals surface area contributed by atoms with Gasteiger partial charge in [-0.1, -0.05) is 67.9 Å². The van der Waals surface area contributed by atoms with Crippen molar-refractivity contribution in [2.45, 2.75) is 39.3 Å². The van der Waals surface area contributed by atoms with Crippen molar-refractivity contribution in [2.75, 3.05) is 23.7 Å². The zero-order valence-electron chi connectivity index (χ0n) is 18.6. The molecule has 2 aromatic rings. The Morgan fingerprint density at radius 3 is 2.22 bits per heavy atom. The summed E-state index contributed by atoms with van der Waals surface area (Å²) in [4.78, 5) is 27.7. The highest BCUT2D eigenvalue weighted by atomic mass is 35.5. The molecule has 0 radical (unpaired) electrons. The van der Waals surface area contributed by atoms with E-state index in [1.807, 2.05) is 44.2 Å². The van der Waals surface area contributed by atoms with Crippen LogP contribution in [0.3, 0.4) is 0 Å². The van der Waals surface area contributed by atoms with E-state index in [-0.39, 0.29) is 23.2 Å². The highest BCUT2D eigenvalue weighted by Crippen LogP contribution is 2.27. The smallest absolute Gasteiger partial charge is 0.244 e. The number of carbonyl (C=O) groups is 2. The first-order valence-electron chi connectivity index (χ1n) is 10.5. The molecular weight excluding hydrogens is 450 g/mol. The van der Waals surface area contributed by atoms with Crippen molar-refractivity contribution in [3.8, 4) is 0 Å². The Balaban J connectivity index is 2.41. The summed E-state index contributed by atoms with van der Waals surface area (Å²) in [6, 6.07) is 15.0. The van der Waals surface area contributed by atoms with Crippen LogP contribution in [0, 0.1) is 0 Å². The molecule has 0 spiro atoms. The maximum Gasteiger partial charge on any atom is 0.244 e. The Hall–Kier alpha value is -2.58. The highest BCUT2D eigenvalue weighted by Gasteiger charge is 2.32. The monoisotopic (exact) mass is 479 g/mol. The summed E-state index contributed by atoms with van der Waals surface area (Å²) in [5.41, 5.74) is 1.06. The number of nitrogens with zero attached hydrogens (tertiary/aromatic N) is 2. The van der Waals surface area contributed by atoms with E-state index in [0.717, 1.165) is 22.5 Å². The number of sulfonamides is 1. The van der Waals surface area contributed by atoms with Gasteiger partial charge in [-0.05, 0) is 30.5 Å². The van der Waals surface area contributed by atoms with E-state index >= 15 is 0 Å². The van der Waals surface area contributed by atoms with Gasteiger partial charge in [0.2, 0.25) is 21.8 Å². The molecular formula is C23H30ClN3O4S. The van der Waals surface area contributed by atoms with Gasteiger partial charge in [0.25, 0.3) is 0 Å². The van der Waals surface area contributed by atoms with Gasteiger partial charge in [-0.2, -0.15) is 0 Å². The van der Waals surface area contributed by atoms with Gasteiger partial charge in [0.05, 0.1) is 17.0 Å². The summed E-state index contributed by atoms with van der Waals surface area (Å²) < 4.78 is 26.0. The number of carbonyl (C=O) groups excluding carboxylic acids is 2. The maximum atomic E-state index is 13.5. The third kappa shape index (κ3) is 6.97. The van der Waals surface area contributed by atoms with Crippen LogP contribution >= 0.6 is 11.6 Å². The second kappa shape index (κ2) is 11.9. The average Bonchev–Trinajstić information content (AvgIpc) is 2.76. The Bertz CT molecular complexity index is 1010. The van der Waals surface area contributed by atoms with Crippen LogP contribution in [0.15, 0.2) is 54.6 Å². The molecule has 9 heteroatoms. The minimum Gasteiger partial charge on any atom is -0.354 e. The van der Waals surface area contributed by atoms with Crippen molar-refractivity contribution in [1.82, 2.24) is 10.2 Å². The van der Waals surface area contributed by atoms with Gasteiger partial charge in [-0.15, -0.1) is 0 Å². The normalized spacial score (nSPS) is 12.1. The standard InChI is InChI=1S/C23H30ClN3O4S/c1-4-15-25-23(29)20(5-2)26(16-18-11-7-6-8-12-18)22(28)17-27(32(3,30)31)21-14-10-9-13-19(21)24/h6-14,20H,4-5,15-17H2,1-3H3,(H,25,29)/t20-/m0/s1. The van der Waals surface area contributed by atoms with Crippen molar-refractivity contribution in [3.05, 3.63) is 65.2 Å². The molecule has 1 atom stereocenters. The third-order valence-corrected chi connectivity index (χ3v) is 6.38. The lowest BCUT2D eigenvalue weighted by atomic mass is 10.1. The van der Waals surface area contributed by atoms with Crippen LogP contribution in [0.2, 0.25) is 5.02 Å². The fraction of sp³-hybridized carbons (Fsp3) is 0.391. The number of halogens is 1. The van der Waals surface area contributed by atoms with Gasteiger partial charge in [-0.3, -0.25) is 13.9 Å². The predicted octanol–water partition coefficient (Wildman–Crippen LogP) is 3.44. The van der Waals surface area contributed by atoms with E-state index in [1.54, 1.807) is 24.3 Å². The summed E-state index contributed by atoms with van der Waals surface area (Å²) in [6.45, 7) is 3.98. The topological polar surface area (TPSA) is 86.8 Å². The van der Waals surface area contributed by atoms with Crippen LogP contribution in [0.4, 0.5) is 5.69 Å². The molecule has 32 heavy (non-hydrogen) atoms. The van der Waals surface area contributed by atoms with Crippen LogP contribution in [-0.2, 0) is 26.2 Å². The minimum absolute atomic E-state index is 0.178. The zero-order chi connectivity index (χ0) is 23.7. The molecule has 0 aromatic heterocycles. The maximum absolute atomic E-state index is 13.5. The number of hydrogen-bond donors (Lipinski definition) is 1. The summed E-state index contributed by atoms with van der Waals surface area (Å²) in [5.74, 6) is -0.750. The third-order valence-electron chi connectivity index (χ3n) is 4.93. The largest absolute Gasteiger partial charge is 0.354 e. The van der Waals surface area contributed by atoms with E-state index in [2.05, 4.69) is 5.32 Å². The van der Waals surface area contributed by atoms with Gasteiger partial charge in [0.15, 0.2) is 0 Å². The fourth-order valence-electron chi connectivity index (χ4n) is 3.31. The molecule has 7 nitrogen and oxygen atoms in total. The fourth-order valence-corrected chi connectivity index (χ4v) is 4.46. The van der Waals surface area contributed by atoms with E-state index in [9.17, 15) is 18.0 Å². The molecule has 0 bridgehead atoms. The van der Waals surface area contributed by atoms with Crippen LogP contribution in [-0.4, -0.2) is 50.5 Å². The van der Waals surface area contributed by atoms with Gasteiger partial charge >= 0.3 is 0 Å². The van der Waals surface area contributed by atoms with Gasteiger partial charge < -0.3 is 10.2 Å². The molecule has 2 amide bonds. The van der Waals surface area contributed by atoms with Crippen LogP contribution in [0.5, 0.6) is 0 Å². The Kier molecular flexibility index (Phi) is 9.53. The van der Waals surface area contributed by atoms with Crippen molar-refractivity contribution >= 4 is 39.1 Å². The molecule has 0 fully saturated rings. The number of hydrogen-bond acceptors (Lipinski definition) is 4. The van der Waals surface area contributed by atoms with Crippen LogP contribution in [0.1, 0.15) is 32.3 Å². The Morgan fingerprint density at radius 2 is 1.66 bits per heavy atom. The summed E-state index contributed by atoms with van der Waals surface area (Å²) in [7, 11) is -3.81. The number of amides is 2. The molecule has 0 heterocycles. The van der Waals surface area contributed by atoms with E-state index in [1.165, 1.54) is 4.90 Å². The number of para-hydroxylation sites is 1. The lowest BCUT2D eigenvalue weighted by molar-refractivity contribution is -0.140. The minimum atomic E-state index is -3.81.